The fourth-order valence-electron chi connectivity index (χ4n) is 2.13. The number of nitriles is 2. The first-order chi connectivity index (χ1) is 10.2. The van der Waals surface area contributed by atoms with E-state index in [4.69, 9.17) is 10.5 Å². The molecule has 0 aromatic heterocycles. The Morgan fingerprint density at radius 2 is 1.81 bits per heavy atom. The maximum absolute atomic E-state index is 13.4. The molecule has 0 bridgehead atoms. The van der Waals surface area contributed by atoms with Gasteiger partial charge < -0.3 is 4.90 Å². The molecule has 0 atom stereocenters. The van der Waals surface area contributed by atoms with E-state index in [-0.39, 0.29) is 5.82 Å². The molecule has 2 aromatic rings. The Morgan fingerprint density at radius 3 is 2.48 bits per heavy atom. The maximum Gasteiger partial charge on any atom is 0.123 e. The number of halogens is 1. The Labute approximate surface area is 123 Å². The van der Waals surface area contributed by atoms with Gasteiger partial charge in [-0.1, -0.05) is 18.2 Å². The topological polar surface area (TPSA) is 50.8 Å². The summed E-state index contributed by atoms with van der Waals surface area (Å²) in [7, 11) is 0. The molecule has 0 radical (unpaired) electrons. The van der Waals surface area contributed by atoms with Crippen LogP contribution in [0.2, 0.25) is 0 Å². The Hall–Kier alpha value is -2.85. The Morgan fingerprint density at radius 1 is 1.05 bits per heavy atom. The highest BCUT2D eigenvalue weighted by molar-refractivity contribution is 5.48. The summed E-state index contributed by atoms with van der Waals surface area (Å²) in [6.45, 7) is 0.925. The predicted octanol–water partition coefficient (Wildman–Crippen LogP) is 3.62. The highest BCUT2D eigenvalue weighted by Gasteiger charge is 2.11. The lowest BCUT2D eigenvalue weighted by atomic mass is 10.1. The van der Waals surface area contributed by atoms with E-state index in [0.717, 1.165) is 5.69 Å². The SMILES string of the molecule is N#CCCN(Cc1cc(F)ccc1C#N)c1ccccc1. The van der Waals surface area contributed by atoms with E-state index in [9.17, 15) is 4.39 Å². The molecule has 0 aliphatic rings. The van der Waals surface area contributed by atoms with Crippen molar-refractivity contribution in [2.45, 2.75) is 13.0 Å². The fraction of sp³-hybridized carbons (Fsp3) is 0.176. The molecule has 3 nitrogen and oxygen atoms in total. The first kappa shape index (κ1) is 14.6. The molecule has 0 fully saturated rings. The van der Waals surface area contributed by atoms with Crippen LogP contribution in [0.3, 0.4) is 0 Å². The normalized spacial score (nSPS) is 9.67. The van der Waals surface area contributed by atoms with E-state index in [1.165, 1.54) is 18.2 Å². The minimum atomic E-state index is -0.364. The highest BCUT2D eigenvalue weighted by Crippen LogP contribution is 2.19. The quantitative estimate of drug-likeness (QED) is 0.840. The van der Waals surface area contributed by atoms with Crippen LogP contribution in [-0.4, -0.2) is 6.54 Å². The van der Waals surface area contributed by atoms with E-state index in [2.05, 4.69) is 12.1 Å². The minimum absolute atomic E-state index is 0.364. The van der Waals surface area contributed by atoms with Crippen LogP contribution in [0.25, 0.3) is 0 Å². The second kappa shape index (κ2) is 7.07. The van der Waals surface area contributed by atoms with Crippen LogP contribution in [0.5, 0.6) is 0 Å². The van der Waals surface area contributed by atoms with Gasteiger partial charge in [0.1, 0.15) is 5.82 Å². The number of rotatable bonds is 5. The molecule has 0 aliphatic carbocycles. The molecule has 0 heterocycles. The molecular weight excluding hydrogens is 265 g/mol. The summed E-state index contributed by atoms with van der Waals surface area (Å²) < 4.78 is 13.4. The number of benzene rings is 2. The Balaban J connectivity index is 2.30. The van der Waals surface area contributed by atoms with E-state index >= 15 is 0 Å². The molecule has 0 amide bonds. The van der Waals surface area contributed by atoms with Gasteiger partial charge in [0.05, 0.1) is 24.1 Å². The van der Waals surface area contributed by atoms with Crippen LogP contribution in [0.1, 0.15) is 17.5 Å². The maximum atomic E-state index is 13.4. The lowest BCUT2D eigenvalue weighted by Crippen LogP contribution is -2.24. The average Bonchev–Trinajstić information content (AvgIpc) is 2.52. The van der Waals surface area contributed by atoms with E-state index in [1.807, 2.05) is 35.2 Å². The van der Waals surface area contributed by atoms with Crippen LogP contribution in [0.4, 0.5) is 10.1 Å². The number of hydrogen-bond donors (Lipinski definition) is 0. The summed E-state index contributed by atoms with van der Waals surface area (Å²) in [6, 6.07) is 17.9. The Bertz CT molecular complexity index is 683. The zero-order valence-corrected chi connectivity index (χ0v) is 11.5. The zero-order chi connectivity index (χ0) is 15.1. The molecule has 0 unspecified atom stereocenters. The van der Waals surface area contributed by atoms with Crippen molar-refractivity contribution in [3.63, 3.8) is 0 Å². The molecule has 0 saturated carbocycles. The van der Waals surface area contributed by atoms with Gasteiger partial charge in [0.15, 0.2) is 0 Å². The van der Waals surface area contributed by atoms with E-state index in [1.54, 1.807) is 0 Å². The summed E-state index contributed by atoms with van der Waals surface area (Å²) in [5.41, 5.74) is 2.02. The molecule has 2 rings (SSSR count). The first-order valence-corrected chi connectivity index (χ1v) is 6.60. The molecule has 104 valence electrons. The van der Waals surface area contributed by atoms with Crippen LogP contribution in [0, 0.1) is 28.5 Å². The van der Waals surface area contributed by atoms with Crippen molar-refractivity contribution >= 4 is 5.69 Å². The molecule has 0 N–H and O–H groups in total. The fourth-order valence-corrected chi connectivity index (χ4v) is 2.13. The van der Waals surface area contributed by atoms with Crippen molar-refractivity contribution in [3.8, 4) is 12.1 Å². The van der Waals surface area contributed by atoms with Crippen molar-refractivity contribution in [1.82, 2.24) is 0 Å². The molecule has 0 aliphatic heterocycles. The molecular formula is C17H14FN3. The van der Waals surface area contributed by atoms with Crippen LogP contribution in [0.15, 0.2) is 48.5 Å². The average molecular weight is 279 g/mol. The summed E-state index contributed by atoms with van der Waals surface area (Å²) in [6.07, 6.45) is 0.367. The molecule has 21 heavy (non-hydrogen) atoms. The second-order valence-electron chi connectivity index (χ2n) is 4.58. The second-order valence-corrected chi connectivity index (χ2v) is 4.58. The van der Waals surface area contributed by atoms with Gasteiger partial charge in [0, 0.05) is 18.8 Å². The molecule has 0 spiro atoms. The number of hydrogen-bond acceptors (Lipinski definition) is 3. The van der Waals surface area contributed by atoms with Gasteiger partial charge in [-0.15, -0.1) is 0 Å². The lowest BCUT2D eigenvalue weighted by Gasteiger charge is -2.24. The van der Waals surface area contributed by atoms with E-state index < -0.39 is 0 Å². The lowest BCUT2D eigenvalue weighted by molar-refractivity contribution is 0.624. The van der Waals surface area contributed by atoms with Crippen LogP contribution < -0.4 is 4.90 Å². The third-order valence-electron chi connectivity index (χ3n) is 3.16. The van der Waals surface area contributed by atoms with Gasteiger partial charge in [-0.3, -0.25) is 0 Å². The van der Waals surface area contributed by atoms with E-state index in [0.29, 0.717) is 30.6 Å². The standard InChI is InChI=1S/C17H14FN3/c18-16-8-7-14(12-20)15(11-16)13-21(10-4-9-19)17-5-2-1-3-6-17/h1-3,5-8,11H,4,10,13H2. The third kappa shape index (κ3) is 3.81. The monoisotopic (exact) mass is 279 g/mol. The molecule has 2 aromatic carbocycles. The van der Waals surface area contributed by atoms with Gasteiger partial charge in [-0.25, -0.2) is 4.39 Å². The summed E-state index contributed by atoms with van der Waals surface area (Å²) in [4.78, 5) is 1.97. The predicted molar refractivity (Wildman–Crippen MR) is 78.8 cm³/mol. The van der Waals surface area contributed by atoms with Gasteiger partial charge in [0.25, 0.3) is 0 Å². The van der Waals surface area contributed by atoms with Crippen molar-refractivity contribution in [1.29, 1.82) is 10.5 Å². The smallest absolute Gasteiger partial charge is 0.123 e. The first-order valence-electron chi connectivity index (χ1n) is 6.60. The minimum Gasteiger partial charge on any atom is -0.366 e. The van der Waals surface area contributed by atoms with Gasteiger partial charge in [0.2, 0.25) is 0 Å². The number of anilines is 1. The van der Waals surface area contributed by atoms with Crippen LogP contribution in [-0.2, 0) is 6.54 Å². The third-order valence-corrected chi connectivity index (χ3v) is 3.16. The summed E-state index contributed by atoms with van der Waals surface area (Å²) in [5.74, 6) is -0.364. The number of para-hydroxylation sites is 1. The molecule has 4 heteroatoms. The summed E-state index contributed by atoms with van der Waals surface area (Å²) in [5, 5.41) is 17.9. The summed E-state index contributed by atoms with van der Waals surface area (Å²) >= 11 is 0. The van der Waals surface area contributed by atoms with Crippen molar-refractivity contribution < 1.29 is 4.39 Å². The van der Waals surface area contributed by atoms with Gasteiger partial charge in [-0.2, -0.15) is 10.5 Å². The van der Waals surface area contributed by atoms with Crippen molar-refractivity contribution in [2.24, 2.45) is 0 Å². The number of nitrogens with zero attached hydrogens (tertiary/aromatic N) is 3. The molecule has 0 saturated heterocycles. The van der Waals surface area contributed by atoms with Crippen molar-refractivity contribution in [3.05, 3.63) is 65.5 Å². The highest BCUT2D eigenvalue weighted by atomic mass is 19.1. The van der Waals surface area contributed by atoms with Crippen LogP contribution >= 0.6 is 0 Å². The Kier molecular flexibility index (Phi) is 4.90. The largest absolute Gasteiger partial charge is 0.366 e. The van der Waals surface area contributed by atoms with Gasteiger partial charge >= 0.3 is 0 Å². The van der Waals surface area contributed by atoms with Gasteiger partial charge in [-0.05, 0) is 35.9 Å². The zero-order valence-electron chi connectivity index (χ0n) is 11.5. The van der Waals surface area contributed by atoms with Crippen molar-refractivity contribution in [2.75, 3.05) is 11.4 Å².